The second-order valence-electron chi connectivity index (χ2n) is 22.3. The molecule has 0 aromatic carbocycles. The molecule has 0 aromatic heterocycles. The fourth-order valence-electron chi connectivity index (χ4n) is 7.99. The van der Waals surface area contributed by atoms with Crippen molar-refractivity contribution in [3.8, 4) is 0 Å². The van der Waals surface area contributed by atoms with Crippen LogP contribution in [0.4, 0.5) is 0 Å². The maximum atomic E-state index is 11.9. The van der Waals surface area contributed by atoms with Crippen LogP contribution in [0.15, 0.2) is 50.6 Å². The minimum Gasteiger partial charge on any atom is -0.481 e. The Hall–Kier alpha value is -3.70. The standard InChI is InChI=1S/3C14H22O4.C12H18O4.2CH4.2S2.2H2S/c3*1-6-10-8-14(10,12(16)17-7-2)9-11(15)18-13(3,4)5;1-5-8-6-12(8,10(14)15)7-9(13)16-11(2,3)4;;;2*1-2;;/h3*6,10H,1,7-9H2,2-5H3;5,8H,1,6-7H2,2-4H3,(H,14,15);2*1H4;;;2*1H2/t3*10-,14-;8-,12-;;;;;;/m1100....../s1. The van der Waals surface area contributed by atoms with E-state index < -0.39 is 56.0 Å². The maximum Gasteiger partial charge on any atom is 0.313 e. The topological polar surface area (TPSA) is 221 Å². The molecule has 0 aliphatic heterocycles. The van der Waals surface area contributed by atoms with Crippen molar-refractivity contribution in [3.05, 3.63) is 50.6 Å². The Morgan fingerprint density at radius 1 is 0.423 bits per heavy atom. The molecule has 0 saturated heterocycles. The van der Waals surface area contributed by atoms with Gasteiger partial charge in [-0.2, -0.15) is 27.0 Å². The van der Waals surface area contributed by atoms with Crippen LogP contribution >= 0.6 is 27.0 Å². The van der Waals surface area contributed by atoms with E-state index in [0.717, 1.165) is 0 Å². The lowest BCUT2D eigenvalue weighted by atomic mass is 9.99. The van der Waals surface area contributed by atoms with Gasteiger partial charge in [-0.25, -0.2) is 0 Å². The van der Waals surface area contributed by atoms with Crippen LogP contribution in [0.25, 0.3) is 0 Å². The molecule has 4 aliphatic carbocycles. The second kappa shape index (κ2) is 36.6. The Bertz CT molecular complexity index is 1840. The molecule has 0 aromatic rings. The summed E-state index contributed by atoms with van der Waals surface area (Å²) in [6, 6.07) is 0. The normalized spacial score (nSPS) is 24.1. The molecule has 0 radical (unpaired) electrons. The fraction of sp³-hybridized carbons (Fsp3) is 0.714. The quantitative estimate of drug-likeness (QED) is 0.0721. The molecule has 4 aliphatic rings. The van der Waals surface area contributed by atoms with Crippen molar-refractivity contribution in [2.45, 2.75) is 192 Å². The van der Waals surface area contributed by atoms with Crippen LogP contribution in [0.5, 0.6) is 0 Å². The Kier molecular flexibility index (Phi) is 40.2. The minimum absolute atomic E-state index is 0. The summed E-state index contributed by atoms with van der Waals surface area (Å²) in [5.41, 5.74) is -5.36. The third-order valence-electron chi connectivity index (χ3n) is 11.7. The lowest BCUT2D eigenvalue weighted by molar-refractivity contribution is -0.163. The highest BCUT2D eigenvalue weighted by atomic mass is 32.8. The zero-order chi connectivity index (χ0) is 58.5. The number of allylic oxidation sites excluding steroid dienone is 4. The van der Waals surface area contributed by atoms with Gasteiger partial charge in [0.1, 0.15) is 22.4 Å². The van der Waals surface area contributed by atoms with E-state index in [1.807, 2.05) is 0 Å². The molecule has 1 N–H and O–H groups in total. The van der Waals surface area contributed by atoms with Gasteiger partial charge in [-0.1, -0.05) is 39.2 Å². The number of esters is 7. The van der Waals surface area contributed by atoms with E-state index in [1.165, 1.54) is 0 Å². The molecule has 0 unspecified atom stereocenters. The van der Waals surface area contributed by atoms with E-state index in [2.05, 4.69) is 71.1 Å². The molecule has 8 atom stereocenters. The second-order valence-corrected chi connectivity index (χ2v) is 22.3. The summed E-state index contributed by atoms with van der Waals surface area (Å²) in [6.07, 6.45) is 9.20. The van der Waals surface area contributed by atoms with Gasteiger partial charge < -0.3 is 38.3 Å². The van der Waals surface area contributed by atoms with E-state index in [-0.39, 0.29) is 127 Å². The van der Waals surface area contributed by atoms with Crippen molar-refractivity contribution in [2.24, 2.45) is 45.3 Å². The number of carbonyl (C=O) groups is 8. The first-order chi connectivity index (χ1) is 34.0. The Balaban J connectivity index is -0.000000213. The predicted molar refractivity (Wildman–Crippen MR) is 326 cm³/mol. The summed E-state index contributed by atoms with van der Waals surface area (Å²) in [5, 5.41) is 9.10. The number of carboxylic acid groups (broad SMARTS) is 1. The molecular formula is C56H96O16S6. The Labute approximate surface area is 501 Å². The summed E-state index contributed by atoms with van der Waals surface area (Å²) < 4.78 is 36.0. The molecule has 22 heteroatoms. The summed E-state index contributed by atoms with van der Waals surface area (Å²) >= 11 is 14.7. The number of rotatable bonds is 19. The molecule has 0 spiro atoms. The first-order valence-electron chi connectivity index (χ1n) is 24.4. The van der Waals surface area contributed by atoms with Crippen molar-refractivity contribution in [3.63, 3.8) is 0 Å². The number of hydrogen-bond donors (Lipinski definition) is 1. The number of ether oxygens (including phenoxy) is 7. The zero-order valence-electron chi connectivity index (χ0n) is 47.4. The highest BCUT2D eigenvalue weighted by Gasteiger charge is 2.63. The Morgan fingerprint density at radius 2 is 0.590 bits per heavy atom. The molecule has 0 amide bonds. The number of carboxylic acids is 1. The smallest absolute Gasteiger partial charge is 0.313 e. The van der Waals surface area contributed by atoms with E-state index >= 15 is 0 Å². The van der Waals surface area contributed by atoms with Gasteiger partial charge in [0.05, 0.1) is 67.2 Å². The van der Waals surface area contributed by atoms with Crippen molar-refractivity contribution in [2.75, 3.05) is 19.8 Å². The van der Waals surface area contributed by atoms with Crippen LogP contribution < -0.4 is 0 Å². The van der Waals surface area contributed by atoms with E-state index in [1.54, 1.807) is 128 Å². The van der Waals surface area contributed by atoms with Crippen molar-refractivity contribution < 1.29 is 76.6 Å². The highest BCUT2D eigenvalue weighted by Crippen LogP contribution is 2.59. The molecule has 0 bridgehead atoms. The van der Waals surface area contributed by atoms with Gasteiger partial charge in [-0.05, 0) is 153 Å². The summed E-state index contributed by atoms with van der Waals surface area (Å²) in [4.78, 5) is 93.9. The first-order valence-corrected chi connectivity index (χ1v) is 27.1. The molecule has 4 saturated carbocycles. The number of hydrogen-bond acceptors (Lipinski definition) is 19. The maximum absolute atomic E-state index is 11.9. The Morgan fingerprint density at radius 3 is 0.718 bits per heavy atom. The van der Waals surface area contributed by atoms with Crippen LogP contribution in [0, 0.1) is 45.3 Å². The van der Waals surface area contributed by atoms with E-state index in [0.29, 0.717) is 45.5 Å². The van der Waals surface area contributed by atoms with Gasteiger partial charge in [0, 0.05) is 44.8 Å². The van der Waals surface area contributed by atoms with Gasteiger partial charge in [-0.15, -0.1) is 26.3 Å². The van der Waals surface area contributed by atoms with Crippen molar-refractivity contribution in [1.29, 1.82) is 0 Å². The van der Waals surface area contributed by atoms with Crippen molar-refractivity contribution in [1.82, 2.24) is 0 Å². The van der Waals surface area contributed by atoms with Gasteiger partial charge >= 0.3 is 47.8 Å². The third-order valence-corrected chi connectivity index (χ3v) is 11.7. The van der Waals surface area contributed by atoms with Gasteiger partial charge in [0.2, 0.25) is 0 Å². The lowest BCUT2D eigenvalue weighted by Crippen LogP contribution is -2.30. The third kappa shape index (κ3) is 28.6. The molecule has 0 heterocycles. The van der Waals surface area contributed by atoms with Crippen molar-refractivity contribution >= 4 is 119 Å². The number of carbonyl (C=O) groups excluding carboxylic acids is 7. The first kappa shape index (κ1) is 85.6. The fourth-order valence-corrected chi connectivity index (χ4v) is 7.99. The monoisotopic (exact) mass is 1220 g/mol. The van der Waals surface area contributed by atoms with Crippen LogP contribution in [-0.2, 0) is 116 Å². The van der Waals surface area contributed by atoms with Crippen LogP contribution in [-0.4, -0.2) is 95.1 Å². The number of aliphatic carboxylic acids is 1. The average Bonchev–Trinajstić information content (AvgIpc) is 4.14. The van der Waals surface area contributed by atoms with Gasteiger partial charge in [0.15, 0.2) is 0 Å². The predicted octanol–water partition coefficient (Wildman–Crippen LogP) is 10.9. The molecule has 4 fully saturated rings. The summed E-state index contributed by atoms with van der Waals surface area (Å²) in [6.45, 7) is 42.4. The SMILES string of the molecule is C.C.C=C[C@@H]1C[C@]1(CC(=O)OC(C)(C)C)C(=O)OCC.C=C[C@@H]1C[C@]1(CC(=O)OC(C)(C)C)C(=O)OCC.C=C[C@H]1C[C@@]1(CC(=O)OC(C)(C)C)C(=O)O.C=C[C@H]1C[C@@]1(CC(=O)OC(C)(C)C)C(=O)OCC.S.S.S=S.S=S. The molecule has 78 heavy (non-hydrogen) atoms. The minimum atomic E-state index is -0.968. The van der Waals surface area contributed by atoms with Crippen LogP contribution in [0.2, 0.25) is 0 Å². The van der Waals surface area contributed by atoms with E-state index in [9.17, 15) is 38.4 Å². The largest absolute Gasteiger partial charge is 0.481 e. The zero-order valence-corrected chi connectivity index (χ0v) is 52.7. The van der Waals surface area contributed by atoms with Crippen LogP contribution in [0.1, 0.15) is 170 Å². The lowest BCUT2D eigenvalue weighted by Gasteiger charge is -2.21. The average molecular weight is 1220 g/mol. The highest BCUT2D eigenvalue weighted by molar-refractivity contribution is 8.07. The van der Waals surface area contributed by atoms with Gasteiger partial charge in [-0.3, -0.25) is 38.4 Å². The van der Waals surface area contributed by atoms with Gasteiger partial charge in [0.25, 0.3) is 0 Å². The molecule has 4 rings (SSSR count). The summed E-state index contributed by atoms with van der Waals surface area (Å²) in [7, 11) is 0. The van der Waals surface area contributed by atoms with E-state index in [4.69, 9.17) is 38.3 Å². The molecular weight excluding hydrogens is 1120 g/mol. The summed E-state index contributed by atoms with van der Waals surface area (Å²) in [5.74, 6) is -3.50. The van der Waals surface area contributed by atoms with Crippen LogP contribution in [0.3, 0.4) is 0 Å². The molecule has 16 nitrogen and oxygen atoms in total. The molecule has 452 valence electrons.